The van der Waals surface area contributed by atoms with E-state index in [0.29, 0.717) is 11.3 Å². The molecule has 0 unspecified atom stereocenters. The van der Waals surface area contributed by atoms with Crippen LogP contribution in [0.5, 0.6) is 0 Å². The van der Waals surface area contributed by atoms with Crippen molar-refractivity contribution >= 4 is 23.3 Å². The second-order valence-electron chi connectivity index (χ2n) is 4.73. The molecule has 1 aromatic carbocycles. The van der Waals surface area contributed by atoms with Crippen molar-refractivity contribution in [3.05, 3.63) is 47.8 Å². The number of carboxylic acids is 1. The van der Waals surface area contributed by atoms with Gasteiger partial charge >= 0.3 is 5.97 Å². The van der Waals surface area contributed by atoms with E-state index in [4.69, 9.17) is 5.11 Å². The van der Waals surface area contributed by atoms with Crippen molar-refractivity contribution in [1.82, 2.24) is 9.78 Å². The molecule has 0 atom stereocenters. The predicted octanol–water partition coefficient (Wildman–Crippen LogP) is 1.81. The summed E-state index contributed by atoms with van der Waals surface area (Å²) in [6.07, 6.45) is 2.77. The molecule has 0 bridgehead atoms. The molecular weight excluding hydrogens is 286 g/mol. The van der Waals surface area contributed by atoms with Gasteiger partial charge in [0.15, 0.2) is 5.78 Å². The van der Waals surface area contributed by atoms with E-state index in [1.54, 1.807) is 24.3 Å². The molecule has 1 amide bonds. The summed E-state index contributed by atoms with van der Waals surface area (Å²) in [6, 6.07) is 6.60. The van der Waals surface area contributed by atoms with Crippen LogP contribution in [0.15, 0.2) is 36.7 Å². The molecule has 0 aliphatic carbocycles. The zero-order chi connectivity index (χ0) is 16.1. The van der Waals surface area contributed by atoms with E-state index < -0.39 is 5.97 Å². The van der Waals surface area contributed by atoms with E-state index in [1.807, 2.05) is 0 Å². The minimum atomic E-state index is -1.05. The lowest BCUT2D eigenvalue weighted by molar-refractivity contribution is -0.116. The lowest BCUT2D eigenvalue weighted by atomic mass is 10.1. The molecule has 1 heterocycles. The molecule has 0 saturated heterocycles. The van der Waals surface area contributed by atoms with Gasteiger partial charge in [-0.1, -0.05) is 0 Å². The molecule has 7 nitrogen and oxygen atoms in total. The molecule has 1 aromatic heterocycles. The number of nitrogens with zero attached hydrogens (tertiary/aromatic N) is 2. The zero-order valence-corrected chi connectivity index (χ0v) is 11.9. The Kier molecular flexibility index (Phi) is 4.67. The van der Waals surface area contributed by atoms with Crippen LogP contribution in [-0.2, 0) is 11.3 Å². The number of carbonyl (C=O) groups is 3. The van der Waals surface area contributed by atoms with Gasteiger partial charge in [-0.05, 0) is 31.2 Å². The van der Waals surface area contributed by atoms with E-state index >= 15 is 0 Å². The van der Waals surface area contributed by atoms with Gasteiger partial charge in [-0.2, -0.15) is 5.10 Å². The van der Waals surface area contributed by atoms with Crippen molar-refractivity contribution < 1.29 is 19.5 Å². The molecule has 0 aliphatic rings. The number of rotatable bonds is 6. The molecule has 0 spiro atoms. The predicted molar refractivity (Wildman–Crippen MR) is 78.9 cm³/mol. The number of benzene rings is 1. The fourth-order valence-corrected chi connectivity index (χ4v) is 1.82. The summed E-state index contributed by atoms with van der Waals surface area (Å²) in [5.41, 5.74) is 1.26. The number of hydrogen-bond acceptors (Lipinski definition) is 4. The summed E-state index contributed by atoms with van der Waals surface area (Å²) >= 11 is 0. The van der Waals surface area contributed by atoms with Gasteiger partial charge in [-0.15, -0.1) is 0 Å². The molecule has 7 heteroatoms. The second-order valence-corrected chi connectivity index (χ2v) is 4.73. The first-order chi connectivity index (χ1) is 10.5. The fraction of sp³-hybridized carbons (Fsp3) is 0.200. The van der Waals surface area contributed by atoms with Crippen LogP contribution in [0, 0.1) is 0 Å². The van der Waals surface area contributed by atoms with Crippen LogP contribution >= 0.6 is 0 Å². The maximum atomic E-state index is 11.8. The number of aryl methyl sites for hydroxylation is 1. The topological polar surface area (TPSA) is 101 Å². The van der Waals surface area contributed by atoms with Gasteiger partial charge in [-0.25, -0.2) is 4.79 Å². The molecular formula is C15H15N3O4. The van der Waals surface area contributed by atoms with Gasteiger partial charge in [0.2, 0.25) is 5.91 Å². The molecule has 22 heavy (non-hydrogen) atoms. The molecule has 0 radical (unpaired) electrons. The lowest BCUT2D eigenvalue weighted by Gasteiger charge is -2.06. The van der Waals surface area contributed by atoms with E-state index in [0.717, 1.165) is 0 Å². The standard InChI is InChI=1S/C15H15N3O4/c1-10(19)11-2-4-13(5-3-11)17-14(20)6-7-18-9-12(8-16-18)15(21)22/h2-5,8-9H,6-7H2,1H3,(H,17,20)(H,21,22). The summed E-state index contributed by atoms with van der Waals surface area (Å²) in [5.74, 6) is -1.31. The monoisotopic (exact) mass is 301 g/mol. The number of anilines is 1. The normalized spacial score (nSPS) is 10.2. The summed E-state index contributed by atoms with van der Waals surface area (Å²) in [5, 5.41) is 15.3. The Bertz CT molecular complexity index is 704. The minimum Gasteiger partial charge on any atom is -0.478 e. The maximum Gasteiger partial charge on any atom is 0.338 e. The van der Waals surface area contributed by atoms with Crippen LogP contribution in [0.1, 0.15) is 34.1 Å². The van der Waals surface area contributed by atoms with Crippen LogP contribution in [-0.4, -0.2) is 32.5 Å². The smallest absolute Gasteiger partial charge is 0.338 e. The number of nitrogens with one attached hydrogen (secondary N) is 1. The Hall–Kier alpha value is -2.96. The highest BCUT2D eigenvalue weighted by Crippen LogP contribution is 2.10. The van der Waals surface area contributed by atoms with Crippen LogP contribution < -0.4 is 5.32 Å². The van der Waals surface area contributed by atoms with Crippen molar-refractivity contribution in [3.8, 4) is 0 Å². The van der Waals surface area contributed by atoms with Crippen LogP contribution in [0.3, 0.4) is 0 Å². The zero-order valence-electron chi connectivity index (χ0n) is 11.9. The Morgan fingerprint density at radius 2 is 1.86 bits per heavy atom. The number of carbonyl (C=O) groups excluding carboxylic acids is 2. The molecule has 2 rings (SSSR count). The molecule has 2 N–H and O–H groups in total. The van der Waals surface area contributed by atoms with Crippen LogP contribution in [0.4, 0.5) is 5.69 Å². The first kappa shape index (κ1) is 15.4. The average molecular weight is 301 g/mol. The van der Waals surface area contributed by atoms with Crippen molar-refractivity contribution in [2.45, 2.75) is 19.9 Å². The third-order valence-corrected chi connectivity index (χ3v) is 3.02. The first-order valence-corrected chi connectivity index (χ1v) is 6.62. The van der Waals surface area contributed by atoms with Gasteiger partial charge in [0.25, 0.3) is 0 Å². The number of hydrogen-bond donors (Lipinski definition) is 2. The van der Waals surface area contributed by atoms with Crippen molar-refractivity contribution in [3.63, 3.8) is 0 Å². The van der Waals surface area contributed by atoms with Crippen LogP contribution in [0.25, 0.3) is 0 Å². The summed E-state index contributed by atoms with van der Waals surface area (Å²) in [4.78, 5) is 33.7. The largest absolute Gasteiger partial charge is 0.478 e. The highest BCUT2D eigenvalue weighted by Gasteiger charge is 2.08. The summed E-state index contributed by atoms with van der Waals surface area (Å²) in [7, 11) is 0. The molecule has 0 saturated carbocycles. The van der Waals surface area contributed by atoms with Gasteiger partial charge in [0.05, 0.1) is 11.8 Å². The molecule has 114 valence electrons. The summed E-state index contributed by atoms with van der Waals surface area (Å²) < 4.78 is 1.40. The second kappa shape index (κ2) is 6.66. The van der Waals surface area contributed by atoms with Gasteiger partial charge in [-0.3, -0.25) is 14.3 Å². The van der Waals surface area contributed by atoms with Gasteiger partial charge in [0, 0.05) is 30.4 Å². The van der Waals surface area contributed by atoms with E-state index in [2.05, 4.69) is 10.4 Å². The molecule has 0 aliphatic heterocycles. The summed E-state index contributed by atoms with van der Waals surface area (Å²) in [6.45, 7) is 1.76. The molecule has 0 fully saturated rings. The fourth-order valence-electron chi connectivity index (χ4n) is 1.82. The molecule has 2 aromatic rings. The number of Topliss-reactive ketones (excluding diaryl/α,β-unsaturated/α-hetero) is 1. The van der Waals surface area contributed by atoms with E-state index in [9.17, 15) is 14.4 Å². The number of ketones is 1. The Balaban J connectivity index is 1.87. The number of amides is 1. The SMILES string of the molecule is CC(=O)c1ccc(NC(=O)CCn2cc(C(=O)O)cn2)cc1. The van der Waals surface area contributed by atoms with Crippen molar-refractivity contribution in [2.24, 2.45) is 0 Å². The lowest BCUT2D eigenvalue weighted by Crippen LogP contribution is -2.14. The number of aromatic nitrogens is 2. The Labute approximate surface area is 126 Å². The maximum absolute atomic E-state index is 11.8. The van der Waals surface area contributed by atoms with Gasteiger partial charge in [0.1, 0.15) is 0 Å². The first-order valence-electron chi connectivity index (χ1n) is 6.62. The highest BCUT2D eigenvalue weighted by atomic mass is 16.4. The quantitative estimate of drug-likeness (QED) is 0.792. The van der Waals surface area contributed by atoms with E-state index in [1.165, 1.54) is 24.0 Å². The Morgan fingerprint density at radius 1 is 1.18 bits per heavy atom. The highest BCUT2D eigenvalue weighted by molar-refractivity contribution is 5.95. The van der Waals surface area contributed by atoms with Crippen molar-refractivity contribution in [2.75, 3.05) is 5.32 Å². The number of aromatic carboxylic acids is 1. The third-order valence-electron chi connectivity index (χ3n) is 3.02. The minimum absolute atomic E-state index is 0.0363. The van der Waals surface area contributed by atoms with Crippen molar-refractivity contribution in [1.29, 1.82) is 0 Å². The Morgan fingerprint density at radius 3 is 2.41 bits per heavy atom. The van der Waals surface area contributed by atoms with Gasteiger partial charge < -0.3 is 10.4 Å². The average Bonchev–Trinajstić information content (AvgIpc) is 2.95. The third kappa shape index (κ3) is 4.02. The number of carboxylic acid groups (broad SMARTS) is 1. The van der Waals surface area contributed by atoms with Crippen LogP contribution in [0.2, 0.25) is 0 Å². The van der Waals surface area contributed by atoms with E-state index in [-0.39, 0.29) is 30.2 Å².